The van der Waals surface area contributed by atoms with E-state index in [1.165, 1.54) is 41.5 Å². The molecule has 2 aliphatic rings. The zero-order valence-electron chi connectivity index (χ0n) is 12.4. The molecule has 4 rings (SSSR count). The van der Waals surface area contributed by atoms with Crippen LogP contribution in [0.5, 0.6) is 0 Å². The van der Waals surface area contributed by atoms with Gasteiger partial charge >= 0.3 is 0 Å². The zero-order chi connectivity index (χ0) is 13.7. The molecule has 106 valence electrons. The van der Waals surface area contributed by atoms with Crippen LogP contribution in [0.3, 0.4) is 0 Å². The first-order valence-electron chi connectivity index (χ1n) is 7.90. The molecule has 1 aromatic carbocycles. The third-order valence-electron chi connectivity index (χ3n) is 5.70. The van der Waals surface area contributed by atoms with Crippen LogP contribution < -0.4 is 5.32 Å². The largest absolute Gasteiger partial charge is 0.319 e. The van der Waals surface area contributed by atoms with E-state index in [0.29, 0.717) is 0 Å². The Morgan fingerprint density at radius 2 is 2.10 bits per heavy atom. The van der Waals surface area contributed by atoms with E-state index in [0.717, 1.165) is 23.7 Å². The van der Waals surface area contributed by atoms with Crippen molar-refractivity contribution in [2.24, 2.45) is 17.8 Å². The summed E-state index contributed by atoms with van der Waals surface area (Å²) in [5.74, 6) is 3.56. The average molecular weight is 285 g/mol. The summed E-state index contributed by atoms with van der Waals surface area (Å²) in [5.41, 5.74) is 3.05. The Morgan fingerprint density at radius 3 is 2.95 bits per heavy atom. The van der Waals surface area contributed by atoms with Crippen molar-refractivity contribution in [1.82, 2.24) is 5.32 Å². The van der Waals surface area contributed by atoms with Gasteiger partial charge in [0.2, 0.25) is 0 Å². The third-order valence-corrected chi connectivity index (χ3v) is 6.79. The monoisotopic (exact) mass is 285 g/mol. The van der Waals surface area contributed by atoms with Gasteiger partial charge in [-0.05, 0) is 97.5 Å². The number of rotatable bonds is 3. The highest BCUT2D eigenvalue weighted by atomic mass is 32.1. The van der Waals surface area contributed by atoms with Crippen molar-refractivity contribution >= 4 is 21.4 Å². The molecule has 0 amide bonds. The first-order valence-corrected chi connectivity index (χ1v) is 8.78. The molecule has 1 aromatic heterocycles. The number of aryl methyl sites for hydroxylation is 1. The highest BCUT2D eigenvalue weighted by Crippen LogP contribution is 2.56. The quantitative estimate of drug-likeness (QED) is 0.872. The molecule has 1 nitrogen and oxygen atoms in total. The molecule has 2 heteroatoms. The second-order valence-electron chi connectivity index (χ2n) is 6.75. The number of thiophene rings is 1. The van der Waals surface area contributed by atoms with Crippen LogP contribution in [0.2, 0.25) is 0 Å². The maximum Gasteiger partial charge on any atom is 0.0345 e. The molecule has 20 heavy (non-hydrogen) atoms. The molecule has 0 unspecified atom stereocenters. The number of fused-ring (bicyclic) bond motifs is 3. The van der Waals surface area contributed by atoms with Gasteiger partial charge in [0, 0.05) is 4.70 Å². The van der Waals surface area contributed by atoms with Crippen LogP contribution in [0, 0.1) is 24.7 Å². The van der Waals surface area contributed by atoms with Gasteiger partial charge in [-0.15, -0.1) is 11.3 Å². The number of hydrogen-bond donors (Lipinski definition) is 1. The summed E-state index contributed by atoms with van der Waals surface area (Å²) in [7, 11) is 2.11. The summed E-state index contributed by atoms with van der Waals surface area (Å²) in [5, 5.41) is 7.22. The summed E-state index contributed by atoms with van der Waals surface area (Å²) in [6, 6.07) is 7.26. The summed E-state index contributed by atoms with van der Waals surface area (Å²) in [6.07, 6.45) is 4.39. The van der Waals surface area contributed by atoms with E-state index in [9.17, 15) is 0 Å². The summed E-state index contributed by atoms with van der Waals surface area (Å²) >= 11 is 1.88. The predicted octanol–water partition coefficient (Wildman–Crippen LogP) is 4.56. The van der Waals surface area contributed by atoms with E-state index in [2.05, 4.69) is 42.9 Å². The van der Waals surface area contributed by atoms with E-state index in [4.69, 9.17) is 0 Å². The molecule has 1 heterocycles. The van der Waals surface area contributed by atoms with Gasteiger partial charge in [0.25, 0.3) is 0 Å². The fourth-order valence-corrected chi connectivity index (χ4v) is 5.76. The normalized spacial score (nSPS) is 32.3. The van der Waals surface area contributed by atoms with Gasteiger partial charge in [-0.25, -0.2) is 0 Å². The van der Waals surface area contributed by atoms with Crippen molar-refractivity contribution in [3.63, 3.8) is 0 Å². The molecule has 0 spiro atoms. The van der Waals surface area contributed by atoms with Gasteiger partial charge < -0.3 is 5.32 Å². The highest BCUT2D eigenvalue weighted by molar-refractivity contribution is 7.17. The van der Waals surface area contributed by atoms with Crippen molar-refractivity contribution in [2.45, 2.75) is 32.1 Å². The Labute approximate surface area is 125 Å². The Bertz CT molecular complexity index is 629. The van der Waals surface area contributed by atoms with E-state index in [-0.39, 0.29) is 0 Å². The van der Waals surface area contributed by atoms with Crippen LogP contribution in [0.25, 0.3) is 10.1 Å². The summed E-state index contributed by atoms with van der Waals surface area (Å²) < 4.78 is 1.44. The van der Waals surface area contributed by atoms with Crippen LogP contribution in [0.4, 0.5) is 0 Å². The predicted molar refractivity (Wildman–Crippen MR) is 87.6 cm³/mol. The molecular weight excluding hydrogens is 262 g/mol. The topological polar surface area (TPSA) is 12.0 Å². The first-order chi connectivity index (χ1) is 9.78. The van der Waals surface area contributed by atoms with Crippen LogP contribution in [0.1, 0.15) is 36.3 Å². The Hall–Kier alpha value is -0.860. The van der Waals surface area contributed by atoms with Crippen LogP contribution in [0.15, 0.2) is 23.6 Å². The lowest BCUT2D eigenvalue weighted by molar-refractivity contribution is 0.282. The van der Waals surface area contributed by atoms with E-state index >= 15 is 0 Å². The van der Waals surface area contributed by atoms with Crippen LogP contribution >= 0.6 is 11.3 Å². The molecule has 0 aliphatic heterocycles. The second kappa shape index (κ2) is 4.85. The lowest BCUT2D eigenvalue weighted by Gasteiger charge is -2.31. The Balaban J connectivity index is 1.75. The Morgan fingerprint density at radius 1 is 1.25 bits per heavy atom. The maximum absolute atomic E-state index is 3.44. The standard InChI is InChI=1S/C18H23NS/c1-11-10-20-17-6-5-14(8-15(11)17)18-13-4-3-12(7-13)16(18)9-19-2/h5-6,8,10,12-13,16,18-19H,3-4,7,9H2,1-2H3/t12-,13+,16-,18+/m1/s1. The molecule has 4 atom stereocenters. The van der Waals surface area contributed by atoms with Crippen LogP contribution in [-0.4, -0.2) is 13.6 Å². The molecule has 0 saturated heterocycles. The molecule has 2 aromatic rings. The molecule has 2 fully saturated rings. The smallest absolute Gasteiger partial charge is 0.0345 e. The number of hydrogen-bond acceptors (Lipinski definition) is 2. The van der Waals surface area contributed by atoms with Gasteiger partial charge in [-0.3, -0.25) is 0 Å². The minimum Gasteiger partial charge on any atom is -0.319 e. The van der Waals surface area contributed by atoms with Gasteiger partial charge in [0.05, 0.1) is 0 Å². The second-order valence-corrected chi connectivity index (χ2v) is 7.67. The number of benzene rings is 1. The van der Waals surface area contributed by atoms with Crippen molar-refractivity contribution in [2.75, 3.05) is 13.6 Å². The fraction of sp³-hybridized carbons (Fsp3) is 0.556. The first kappa shape index (κ1) is 12.8. The van der Waals surface area contributed by atoms with Gasteiger partial charge in [-0.1, -0.05) is 6.07 Å². The molecule has 2 bridgehead atoms. The van der Waals surface area contributed by atoms with Crippen LogP contribution in [-0.2, 0) is 0 Å². The maximum atomic E-state index is 3.44. The zero-order valence-corrected chi connectivity index (χ0v) is 13.2. The summed E-state index contributed by atoms with van der Waals surface area (Å²) in [4.78, 5) is 0. The molecular formula is C18H23NS. The van der Waals surface area contributed by atoms with Crippen molar-refractivity contribution < 1.29 is 0 Å². The summed E-state index contributed by atoms with van der Waals surface area (Å²) in [6.45, 7) is 3.43. The molecule has 2 saturated carbocycles. The molecule has 2 aliphatic carbocycles. The van der Waals surface area contributed by atoms with Crippen molar-refractivity contribution in [3.8, 4) is 0 Å². The van der Waals surface area contributed by atoms with Crippen molar-refractivity contribution in [3.05, 3.63) is 34.7 Å². The average Bonchev–Trinajstić information content (AvgIpc) is 3.14. The van der Waals surface area contributed by atoms with Gasteiger partial charge in [0.15, 0.2) is 0 Å². The minimum absolute atomic E-state index is 0.796. The number of nitrogens with one attached hydrogen (secondary N) is 1. The van der Waals surface area contributed by atoms with E-state index in [1.807, 2.05) is 11.3 Å². The third kappa shape index (κ3) is 1.85. The lowest BCUT2D eigenvalue weighted by Crippen LogP contribution is -2.29. The highest BCUT2D eigenvalue weighted by Gasteiger charge is 2.47. The fourth-order valence-electron chi connectivity index (χ4n) is 4.84. The van der Waals surface area contributed by atoms with E-state index < -0.39 is 0 Å². The van der Waals surface area contributed by atoms with Crippen molar-refractivity contribution in [1.29, 1.82) is 0 Å². The minimum atomic E-state index is 0.796. The van der Waals surface area contributed by atoms with Gasteiger partial charge in [0.1, 0.15) is 0 Å². The molecule has 1 N–H and O–H groups in total. The van der Waals surface area contributed by atoms with E-state index in [1.54, 1.807) is 5.56 Å². The Kier molecular flexibility index (Phi) is 3.12. The SMILES string of the molecule is CNC[C@@H]1[C@@H]2CC[C@@H](C2)[C@H]1c1ccc2scc(C)c2c1. The lowest BCUT2D eigenvalue weighted by atomic mass is 9.75. The van der Waals surface area contributed by atoms with Gasteiger partial charge in [-0.2, -0.15) is 0 Å². The molecule has 0 radical (unpaired) electrons.